The second kappa shape index (κ2) is 2.57. The molecule has 0 spiro atoms. The summed E-state index contributed by atoms with van der Waals surface area (Å²) in [5, 5.41) is 3.18. The molecule has 0 saturated carbocycles. The topological polar surface area (TPSA) is 38.3 Å². The normalized spacial score (nSPS) is 42.5. The molecule has 0 amide bonds. The molecule has 2 saturated heterocycles. The Morgan fingerprint density at radius 2 is 2.45 bits per heavy atom. The lowest BCUT2D eigenvalue weighted by Crippen LogP contribution is -2.33. The number of nitrogens with one attached hydrogen (secondary N) is 1. The van der Waals surface area contributed by atoms with E-state index in [9.17, 15) is 4.79 Å². The number of rotatable bonds is 1. The predicted molar refractivity (Wildman–Crippen MR) is 40.3 cm³/mol. The zero-order valence-corrected chi connectivity index (χ0v) is 6.67. The molecular weight excluding hydrogens is 142 g/mol. The van der Waals surface area contributed by atoms with Crippen molar-refractivity contribution in [3.05, 3.63) is 0 Å². The summed E-state index contributed by atoms with van der Waals surface area (Å²) in [6, 6.07) is 0.0718. The average molecular weight is 155 g/mol. The summed E-state index contributed by atoms with van der Waals surface area (Å²) >= 11 is 0. The van der Waals surface area contributed by atoms with Gasteiger partial charge in [-0.25, -0.2) is 0 Å². The quantitative estimate of drug-likeness (QED) is 0.577. The third kappa shape index (κ3) is 1.08. The Kier molecular flexibility index (Phi) is 1.69. The van der Waals surface area contributed by atoms with E-state index in [1.165, 1.54) is 0 Å². The maximum Gasteiger partial charge on any atom is 0.147 e. The molecule has 2 fully saturated rings. The smallest absolute Gasteiger partial charge is 0.147 e. The predicted octanol–water partition coefficient (Wildman–Crippen LogP) is -0.0477. The summed E-state index contributed by atoms with van der Waals surface area (Å²) in [5.41, 5.74) is 0. The van der Waals surface area contributed by atoms with Gasteiger partial charge in [-0.1, -0.05) is 0 Å². The minimum absolute atomic E-state index is 0.0718. The Labute approximate surface area is 66.1 Å². The van der Waals surface area contributed by atoms with Gasteiger partial charge in [0.2, 0.25) is 0 Å². The first-order valence-electron chi connectivity index (χ1n) is 4.14. The molecule has 1 N–H and O–H groups in total. The molecular formula is C8H13NO2. The van der Waals surface area contributed by atoms with Gasteiger partial charge in [-0.15, -0.1) is 0 Å². The molecule has 0 bridgehead atoms. The molecule has 3 heteroatoms. The van der Waals surface area contributed by atoms with Crippen LogP contribution in [0.4, 0.5) is 0 Å². The number of carbonyl (C=O) groups excluding carboxylic acids is 1. The number of Topliss-reactive ketones (excluding diaryl/α,β-unsaturated/α-hetero) is 1. The molecule has 3 nitrogen and oxygen atoms in total. The summed E-state index contributed by atoms with van der Waals surface area (Å²) in [6.45, 7) is 3.34. The Morgan fingerprint density at radius 1 is 1.64 bits per heavy atom. The zero-order chi connectivity index (χ0) is 7.84. The van der Waals surface area contributed by atoms with Gasteiger partial charge in [-0.05, 0) is 13.3 Å². The fourth-order valence-corrected chi connectivity index (χ4v) is 2.10. The standard InChI is InChI=1S/C8H13NO2/c1-5(10)8-6-2-3-11-7(6)4-9-8/h6-9H,2-4H2,1H3. The second-order valence-electron chi connectivity index (χ2n) is 3.36. The van der Waals surface area contributed by atoms with E-state index in [1.807, 2.05) is 0 Å². The largest absolute Gasteiger partial charge is 0.377 e. The van der Waals surface area contributed by atoms with Crippen molar-refractivity contribution in [1.82, 2.24) is 5.32 Å². The van der Waals surface area contributed by atoms with Gasteiger partial charge >= 0.3 is 0 Å². The molecule has 3 unspecified atom stereocenters. The van der Waals surface area contributed by atoms with E-state index >= 15 is 0 Å². The maximum absolute atomic E-state index is 11.1. The van der Waals surface area contributed by atoms with Crippen molar-refractivity contribution in [1.29, 1.82) is 0 Å². The van der Waals surface area contributed by atoms with E-state index in [1.54, 1.807) is 6.92 Å². The van der Waals surface area contributed by atoms with Gasteiger partial charge in [0, 0.05) is 19.1 Å². The lowest BCUT2D eigenvalue weighted by molar-refractivity contribution is -0.119. The van der Waals surface area contributed by atoms with Gasteiger partial charge in [0.05, 0.1) is 12.1 Å². The summed E-state index contributed by atoms with van der Waals surface area (Å²) in [4.78, 5) is 11.1. The molecule has 2 aliphatic heterocycles. The lowest BCUT2D eigenvalue weighted by Gasteiger charge is -2.12. The van der Waals surface area contributed by atoms with E-state index in [2.05, 4.69) is 5.32 Å². The number of hydrogen-bond acceptors (Lipinski definition) is 3. The Morgan fingerprint density at radius 3 is 3.18 bits per heavy atom. The molecule has 2 aliphatic rings. The molecule has 0 aromatic carbocycles. The van der Waals surface area contributed by atoms with Crippen molar-refractivity contribution < 1.29 is 9.53 Å². The Balaban J connectivity index is 2.08. The highest BCUT2D eigenvalue weighted by Crippen LogP contribution is 2.28. The minimum atomic E-state index is 0.0718. The first-order chi connectivity index (χ1) is 5.29. The molecule has 3 atom stereocenters. The lowest BCUT2D eigenvalue weighted by atomic mass is 9.95. The van der Waals surface area contributed by atoms with Crippen LogP contribution in [0.3, 0.4) is 0 Å². The van der Waals surface area contributed by atoms with Crippen LogP contribution >= 0.6 is 0 Å². The monoisotopic (exact) mass is 155 g/mol. The average Bonchev–Trinajstić information content (AvgIpc) is 2.41. The fourth-order valence-electron chi connectivity index (χ4n) is 2.10. The van der Waals surface area contributed by atoms with E-state index in [4.69, 9.17) is 4.74 Å². The van der Waals surface area contributed by atoms with Gasteiger partial charge in [0.25, 0.3) is 0 Å². The van der Waals surface area contributed by atoms with E-state index in [0.717, 1.165) is 19.6 Å². The first kappa shape index (κ1) is 7.25. The van der Waals surface area contributed by atoms with Crippen LogP contribution in [0, 0.1) is 5.92 Å². The van der Waals surface area contributed by atoms with E-state index in [-0.39, 0.29) is 11.8 Å². The highest BCUT2D eigenvalue weighted by Gasteiger charge is 2.41. The van der Waals surface area contributed by atoms with Crippen LogP contribution < -0.4 is 5.32 Å². The van der Waals surface area contributed by atoms with E-state index in [0.29, 0.717) is 12.0 Å². The molecule has 2 heterocycles. The highest BCUT2D eigenvalue weighted by atomic mass is 16.5. The van der Waals surface area contributed by atoms with Crippen LogP contribution in [0.1, 0.15) is 13.3 Å². The molecule has 0 radical (unpaired) electrons. The molecule has 11 heavy (non-hydrogen) atoms. The van der Waals surface area contributed by atoms with Crippen LogP contribution in [0.5, 0.6) is 0 Å². The first-order valence-corrected chi connectivity index (χ1v) is 4.14. The van der Waals surface area contributed by atoms with Crippen molar-refractivity contribution in [3.63, 3.8) is 0 Å². The summed E-state index contributed by atoms with van der Waals surface area (Å²) in [7, 11) is 0. The number of fused-ring (bicyclic) bond motifs is 1. The zero-order valence-electron chi connectivity index (χ0n) is 6.67. The van der Waals surface area contributed by atoms with Crippen molar-refractivity contribution in [2.24, 2.45) is 5.92 Å². The summed E-state index contributed by atoms with van der Waals surface area (Å²) in [6.07, 6.45) is 1.35. The fraction of sp³-hybridized carbons (Fsp3) is 0.875. The number of ether oxygens (including phenoxy) is 1. The molecule has 0 aliphatic carbocycles. The van der Waals surface area contributed by atoms with E-state index < -0.39 is 0 Å². The van der Waals surface area contributed by atoms with Gasteiger partial charge in [-0.2, -0.15) is 0 Å². The molecule has 2 rings (SSSR count). The van der Waals surface area contributed by atoms with Gasteiger partial charge in [-0.3, -0.25) is 4.79 Å². The Bertz CT molecular complexity index is 181. The minimum Gasteiger partial charge on any atom is -0.377 e. The van der Waals surface area contributed by atoms with Crippen LogP contribution in [-0.4, -0.2) is 31.1 Å². The van der Waals surface area contributed by atoms with Crippen molar-refractivity contribution in [3.8, 4) is 0 Å². The maximum atomic E-state index is 11.1. The van der Waals surface area contributed by atoms with Crippen molar-refractivity contribution in [2.45, 2.75) is 25.5 Å². The van der Waals surface area contributed by atoms with Crippen LogP contribution in [0.2, 0.25) is 0 Å². The third-order valence-electron chi connectivity index (χ3n) is 2.67. The highest BCUT2D eigenvalue weighted by molar-refractivity contribution is 5.82. The van der Waals surface area contributed by atoms with Gasteiger partial charge in [0.15, 0.2) is 0 Å². The number of hydrogen-bond donors (Lipinski definition) is 1. The van der Waals surface area contributed by atoms with Crippen LogP contribution in [0.25, 0.3) is 0 Å². The number of ketones is 1. The summed E-state index contributed by atoms with van der Waals surface area (Å²) < 4.78 is 5.44. The SMILES string of the molecule is CC(=O)C1NCC2OCCC21. The molecule has 0 aromatic rings. The molecule has 62 valence electrons. The summed E-state index contributed by atoms with van der Waals surface area (Å²) in [5.74, 6) is 0.704. The van der Waals surface area contributed by atoms with Gasteiger partial charge in [0.1, 0.15) is 5.78 Å². The third-order valence-corrected chi connectivity index (χ3v) is 2.67. The van der Waals surface area contributed by atoms with Crippen LogP contribution in [0.15, 0.2) is 0 Å². The van der Waals surface area contributed by atoms with Crippen LogP contribution in [-0.2, 0) is 9.53 Å². The number of carbonyl (C=O) groups is 1. The van der Waals surface area contributed by atoms with Crippen molar-refractivity contribution in [2.75, 3.05) is 13.2 Å². The van der Waals surface area contributed by atoms with Gasteiger partial charge < -0.3 is 10.1 Å². The Hall–Kier alpha value is -0.410. The van der Waals surface area contributed by atoms with Crippen molar-refractivity contribution >= 4 is 5.78 Å². The second-order valence-corrected chi connectivity index (χ2v) is 3.36. The molecule has 0 aromatic heterocycles.